The molecule has 0 bridgehead atoms. The van der Waals surface area contributed by atoms with E-state index in [1.165, 1.54) is 17.4 Å². The Hall–Kier alpha value is -1.79. The van der Waals surface area contributed by atoms with Crippen molar-refractivity contribution < 1.29 is 12.8 Å². The number of sulfonamides is 1. The molecule has 0 unspecified atom stereocenters. The number of anilines is 1. The van der Waals surface area contributed by atoms with E-state index in [4.69, 9.17) is 10.2 Å². The van der Waals surface area contributed by atoms with Crippen molar-refractivity contribution in [2.75, 3.05) is 11.4 Å². The molecule has 0 spiro atoms. The Morgan fingerprint density at radius 3 is 2.47 bits per heavy atom. The first kappa shape index (κ1) is 13.6. The van der Waals surface area contributed by atoms with Gasteiger partial charge in [-0.3, -0.25) is 4.31 Å². The van der Waals surface area contributed by atoms with Gasteiger partial charge >= 0.3 is 0 Å². The van der Waals surface area contributed by atoms with Crippen LogP contribution in [0.1, 0.15) is 11.3 Å². The highest BCUT2D eigenvalue weighted by Gasteiger charge is 2.25. The molecule has 0 saturated heterocycles. The van der Waals surface area contributed by atoms with Gasteiger partial charge in [0.1, 0.15) is 5.76 Å². The van der Waals surface area contributed by atoms with Crippen LogP contribution in [0.25, 0.3) is 0 Å². The summed E-state index contributed by atoms with van der Waals surface area (Å²) in [5, 5.41) is -0.0984. The maximum absolute atomic E-state index is 12.4. The zero-order valence-corrected chi connectivity index (χ0v) is 11.6. The van der Waals surface area contributed by atoms with E-state index in [1.807, 2.05) is 19.1 Å². The molecule has 5 nitrogen and oxygen atoms in total. The molecule has 2 rings (SSSR count). The van der Waals surface area contributed by atoms with Crippen molar-refractivity contribution in [2.45, 2.75) is 18.6 Å². The van der Waals surface area contributed by atoms with Crippen molar-refractivity contribution in [3.63, 3.8) is 0 Å². The molecule has 0 saturated carbocycles. The van der Waals surface area contributed by atoms with Crippen LogP contribution < -0.4 is 10.0 Å². The maximum atomic E-state index is 12.4. The van der Waals surface area contributed by atoms with E-state index < -0.39 is 10.0 Å². The predicted octanol–water partition coefficient (Wildman–Crippen LogP) is 1.87. The Bertz CT molecular complexity index is 677. The van der Waals surface area contributed by atoms with Crippen LogP contribution in [0, 0.1) is 6.92 Å². The minimum Gasteiger partial charge on any atom is -0.446 e. The topological polar surface area (TPSA) is 76.5 Å². The quantitative estimate of drug-likeness (QED) is 0.927. The fraction of sp³-hybridized carbons (Fsp3) is 0.231. The standard InChI is InChI=1S/C13H16N2O3S/c1-10-5-3-4-6-12(10)15(2)19(16,17)13-8-7-11(9-14)18-13/h3-8H,9,14H2,1-2H3. The summed E-state index contributed by atoms with van der Waals surface area (Å²) >= 11 is 0. The molecule has 0 aliphatic heterocycles. The van der Waals surface area contributed by atoms with Gasteiger partial charge in [0, 0.05) is 7.05 Å². The number of nitrogens with two attached hydrogens (primary N) is 1. The summed E-state index contributed by atoms with van der Waals surface area (Å²) in [5.74, 6) is 0.441. The Labute approximate surface area is 112 Å². The van der Waals surface area contributed by atoms with Crippen molar-refractivity contribution in [1.29, 1.82) is 0 Å². The third kappa shape index (κ3) is 2.50. The second-order valence-corrected chi connectivity index (χ2v) is 6.08. The molecule has 1 aromatic heterocycles. The molecule has 102 valence electrons. The second kappa shape index (κ2) is 5.07. The first-order valence-electron chi connectivity index (χ1n) is 5.80. The van der Waals surface area contributed by atoms with E-state index in [2.05, 4.69) is 0 Å². The van der Waals surface area contributed by atoms with Crippen LogP contribution >= 0.6 is 0 Å². The lowest BCUT2D eigenvalue weighted by atomic mass is 10.2. The number of rotatable bonds is 4. The fourth-order valence-corrected chi connectivity index (χ4v) is 2.97. The molecule has 19 heavy (non-hydrogen) atoms. The van der Waals surface area contributed by atoms with E-state index in [1.54, 1.807) is 18.2 Å². The van der Waals surface area contributed by atoms with E-state index >= 15 is 0 Å². The summed E-state index contributed by atoms with van der Waals surface area (Å²) in [6.45, 7) is 2.03. The van der Waals surface area contributed by atoms with E-state index in [-0.39, 0.29) is 11.6 Å². The van der Waals surface area contributed by atoms with Crippen molar-refractivity contribution in [2.24, 2.45) is 5.73 Å². The third-order valence-corrected chi connectivity index (χ3v) is 4.55. The Balaban J connectivity index is 2.42. The van der Waals surface area contributed by atoms with Crippen LogP contribution in [0.3, 0.4) is 0 Å². The number of furan rings is 1. The van der Waals surface area contributed by atoms with Crippen LogP contribution in [-0.4, -0.2) is 15.5 Å². The Kier molecular flexibility index (Phi) is 3.64. The van der Waals surface area contributed by atoms with Crippen molar-refractivity contribution >= 4 is 15.7 Å². The van der Waals surface area contributed by atoms with Gasteiger partial charge in [-0.05, 0) is 30.7 Å². The zero-order valence-electron chi connectivity index (χ0n) is 10.8. The van der Waals surface area contributed by atoms with Gasteiger partial charge in [-0.25, -0.2) is 0 Å². The monoisotopic (exact) mass is 280 g/mol. The summed E-state index contributed by atoms with van der Waals surface area (Å²) < 4.78 is 31.2. The molecule has 0 aliphatic rings. The van der Waals surface area contributed by atoms with Gasteiger partial charge < -0.3 is 10.2 Å². The van der Waals surface area contributed by atoms with E-state index in [9.17, 15) is 8.42 Å². The summed E-state index contributed by atoms with van der Waals surface area (Å²) in [4.78, 5) is 0. The molecule has 0 amide bonds. The summed E-state index contributed by atoms with van der Waals surface area (Å²) in [6.07, 6.45) is 0. The van der Waals surface area contributed by atoms with E-state index in [0.717, 1.165) is 5.56 Å². The fourth-order valence-electron chi connectivity index (χ4n) is 1.79. The molecule has 0 radical (unpaired) electrons. The maximum Gasteiger partial charge on any atom is 0.297 e. The number of hydrogen-bond donors (Lipinski definition) is 1. The molecule has 0 aliphatic carbocycles. The van der Waals surface area contributed by atoms with Crippen molar-refractivity contribution in [3.05, 3.63) is 47.7 Å². The molecule has 0 atom stereocenters. The van der Waals surface area contributed by atoms with Crippen LogP contribution in [0.5, 0.6) is 0 Å². The van der Waals surface area contributed by atoms with Crippen molar-refractivity contribution in [3.8, 4) is 0 Å². The molecular formula is C13H16N2O3S. The molecule has 1 heterocycles. The average Bonchev–Trinajstić information content (AvgIpc) is 2.88. The highest BCUT2D eigenvalue weighted by molar-refractivity contribution is 7.92. The smallest absolute Gasteiger partial charge is 0.297 e. The number of hydrogen-bond acceptors (Lipinski definition) is 4. The highest BCUT2D eigenvalue weighted by Crippen LogP contribution is 2.25. The van der Waals surface area contributed by atoms with Gasteiger partial charge in [0.15, 0.2) is 0 Å². The van der Waals surface area contributed by atoms with Crippen LogP contribution in [0.4, 0.5) is 5.69 Å². The van der Waals surface area contributed by atoms with Crippen LogP contribution in [0.2, 0.25) is 0 Å². The largest absolute Gasteiger partial charge is 0.446 e. The van der Waals surface area contributed by atoms with Crippen molar-refractivity contribution in [1.82, 2.24) is 0 Å². The minimum atomic E-state index is -3.69. The summed E-state index contributed by atoms with van der Waals surface area (Å²) in [5.41, 5.74) is 6.91. The Morgan fingerprint density at radius 2 is 1.89 bits per heavy atom. The Morgan fingerprint density at radius 1 is 1.21 bits per heavy atom. The minimum absolute atomic E-state index is 0.0984. The van der Waals surface area contributed by atoms with Gasteiger partial charge in [0.05, 0.1) is 12.2 Å². The second-order valence-electron chi connectivity index (χ2n) is 4.18. The first-order chi connectivity index (χ1) is 8.96. The number of aryl methyl sites for hydroxylation is 1. The van der Waals surface area contributed by atoms with Gasteiger partial charge in [-0.2, -0.15) is 8.42 Å². The zero-order chi connectivity index (χ0) is 14.0. The molecule has 2 aromatic rings. The molecule has 0 fully saturated rings. The lowest BCUT2D eigenvalue weighted by molar-refractivity contribution is 0.415. The predicted molar refractivity (Wildman–Crippen MR) is 73.4 cm³/mol. The van der Waals surface area contributed by atoms with Gasteiger partial charge in [-0.15, -0.1) is 0 Å². The van der Waals surface area contributed by atoms with Gasteiger partial charge in [0.25, 0.3) is 10.0 Å². The number of nitrogens with zero attached hydrogens (tertiary/aromatic N) is 1. The van der Waals surface area contributed by atoms with E-state index in [0.29, 0.717) is 11.4 Å². The molecule has 2 N–H and O–H groups in total. The molecule has 6 heteroatoms. The van der Waals surface area contributed by atoms with Crippen LogP contribution in [0.15, 0.2) is 45.9 Å². The highest BCUT2D eigenvalue weighted by atomic mass is 32.2. The van der Waals surface area contributed by atoms with Crippen LogP contribution in [-0.2, 0) is 16.6 Å². The average molecular weight is 280 g/mol. The lowest BCUT2D eigenvalue weighted by Crippen LogP contribution is -2.26. The summed E-state index contributed by atoms with van der Waals surface area (Å²) in [7, 11) is -2.19. The lowest BCUT2D eigenvalue weighted by Gasteiger charge is -2.19. The normalized spacial score (nSPS) is 11.5. The first-order valence-corrected chi connectivity index (χ1v) is 7.24. The molecule has 1 aromatic carbocycles. The summed E-state index contributed by atoms with van der Waals surface area (Å²) in [6, 6.07) is 10.2. The molecular weight excluding hydrogens is 264 g/mol. The SMILES string of the molecule is Cc1ccccc1N(C)S(=O)(=O)c1ccc(CN)o1. The van der Waals surface area contributed by atoms with Gasteiger partial charge in [0.2, 0.25) is 5.09 Å². The third-order valence-electron chi connectivity index (χ3n) is 2.91. The number of benzene rings is 1. The number of para-hydroxylation sites is 1. The van der Waals surface area contributed by atoms with Gasteiger partial charge in [-0.1, -0.05) is 18.2 Å².